The van der Waals surface area contributed by atoms with Crippen molar-refractivity contribution in [2.24, 2.45) is 0 Å². The fourth-order valence-electron chi connectivity index (χ4n) is 1.37. The van der Waals surface area contributed by atoms with Crippen LogP contribution in [-0.2, 0) is 0 Å². The first-order valence-corrected chi connectivity index (χ1v) is 5.65. The molecule has 0 bridgehead atoms. The molecule has 0 spiro atoms. The Morgan fingerprint density at radius 1 is 1.42 bits per heavy atom. The van der Waals surface area contributed by atoms with Gasteiger partial charge in [-0.2, -0.15) is 0 Å². The highest BCUT2D eigenvalue weighted by atomic mass is 19.1. The third-order valence-electron chi connectivity index (χ3n) is 2.49. The lowest BCUT2D eigenvalue weighted by Gasteiger charge is -2.17. The van der Waals surface area contributed by atoms with Crippen molar-refractivity contribution in [3.63, 3.8) is 0 Å². The second kappa shape index (κ2) is 6.69. The van der Waals surface area contributed by atoms with Gasteiger partial charge in [-0.25, -0.2) is 14.0 Å². The Labute approximate surface area is 110 Å². The molecule has 0 atom stereocenters. The van der Waals surface area contributed by atoms with E-state index in [1.807, 2.05) is 0 Å². The minimum absolute atomic E-state index is 0.236. The summed E-state index contributed by atoms with van der Waals surface area (Å²) in [5.74, 6) is -2.22. The maximum Gasteiger partial charge on any atom is 0.338 e. The second-order valence-electron chi connectivity index (χ2n) is 3.96. The summed E-state index contributed by atoms with van der Waals surface area (Å²) in [7, 11) is 3.37. The van der Waals surface area contributed by atoms with Crippen LogP contribution in [0, 0.1) is 5.82 Å². The van der Waals surface area contributed by atoms with E-state index < -0.39 is 23.4 Å². The number of hydrogen-bond acceptors (Lipinski definition) is 3. The van der Waals surface area contributed by atoms with E-state index in [4.69, 9.17) is 5.11 Å². The summed E-state index contributed by atoms with van der Waals surface area (Å²) in [6, 6.07) is 3.01. The number of benzene rings is 1. The Hall–Kier alpha value is -2.15. The molecule has 0 fully saturated rings. The zero-order valence-electron chi connectivity index (χ0n) is 10.7. The highest BCUT2D eigenvalue weighted by Crippen LogP contribution is 2.15. The molecule has 0 saturated carbocycles. The number of nitrogens with zero attached hydrogens (tertiary/aromatic N) is 1. The van der Waals surface area contributed by atoms with Crippen molar-refractivity contribution in [1.29, 1.82) is 0 Å². The number of rotatable bonds is 5. The van der Waals surface area contributed by atoms with Crippen LogP contribution >= 0.6 is 0 Å². The van der Waals surface area contributed by atoms with Gasteiger partial charge < -0.3 is 20.6 Å². The minimum atomic E-state index is -1.38. The Balaban J connectivity index is 2.74. The molecule has 2 amide bonds. The first-order valence-electron chi connectivity index (χ1n) is 5.65. The van der Waals surface area contributed by atoms with Crippen molar-refractivity contribution in [2.75, 3.05) is 32.5 Å². The molecule has 0 aromatic heterocycles. The molecule has 0 unspecified atom stereocenters. The summed E-state index contributed by atoms with van der Waals surface area (Å²) in [5.41, 5.74) is -0.240. The molecule has 0 heterocycles. The van der Waals surface area contributed by atoms with E-state index in [9.17, 15) is 14.0 Å². The highest BCUT2D eigenvalue weighted by Gasteiger charge is 2.13. The van der Waals surface area contributed by atoms with Crippen molar-refractivity contribution in [3.05, 3.63) is 29.6 Å². The van der Waals surface area contributed by atoms with E-state index in [2.05, 4.69) is 10.6 Å². The number of carboxylic acids is 1. The Kier molecular flexibility index (Phi) is 5.25. The van der Waals surface area contributed by atoms with Gasteiger partial charge in [0.2, 0.25) is 0 Å². The molecular formula is C12H16FN3O3. The molecule has 0 aliphatic heterocycles. The van der Waals surface area contributed by atoms with Crippen LogP contribution in [0.1, 0.15) is 10.4 Å². The minimum Gasteiger partial charge on any atom is -0.478 e. The summed E-state index contributed by atoms with van der Waals surface area (Å²) in [4.78, 5) is 23.9. The zero-order chi connectivity index (χ0) is 14.4. The molecule has 3 N–H and O–H groups in total. The van der Waals surface area contributed by atoms with E-state index in [0.717, 1.165) is 12.1 Å². The maximum absolute atomic E-state index is 13.2. The Bertz CT molecular complexity index is 479. The van der Waals surface area contributed by atoms with Gasteiger partial charge in [-0.3, -0.25) is 0 Å². The van der Waals surface area contributed by atoms with E-state index in [0.29, 0.717) is 13.1 Å². The first-order chi connectivity index (χ1) is 8.95. The third-order valence-corrected chi connectivity index (χ3v) is 2.49. The number of urea groups is 1. The molecule has 1 rings (SSSR count). The van der Waals surface area contributed by atoms with Crippen LogP contribution < -0.4 is 10.6 Å². The number of aromatic carboxylic acids is 1. The smallest absolute Gasteiger partial charge is 0.338 e. The van der Waals surface area contributed by atoms with Crippen molar-refractivity contribution < 1.29 is 19.1 Å². The number of likely N-dealkylation sites (N-methyl/N-ethyl adjacent to an activating group) is 2. The second-order valence-corrected chi connectivity index (χ2v) is 3.96. The van der Waals surface area contributed by atoms with Crippen molar-refractivity contribution in [1.82, 2.24) is 10.2 Å². The fourth-order valence-corrected chi connectivity index (χ4v) is 1.37. The number of carbonyl (C=O) groups excluding carboxylic acids is 1. The summed E-state index contributed by atoms with van der Waals surface area (Å²) >= 11 is 0. The molecule has 1 aromatic rings. The molecule has 0 saturated heterocycles. The number of hydrogen-bond donors (Lipinski definition) is 3. The number of carboxylic acid groups (broad SMARTS) is 1. The highest BCUT2D eigenvalue weighted by molar-refractivity contribution is 5.93. The van der Waals surface area contributed by atoms with E-state index in [1.165, 1.54) is 11.0 Å². The number of nitrogens with one attached hydrogen (secondary N) is 2. The normalized spacial score (nSPS) is 10.1. The van der Waals surface area contributed by atoms with E-state index in [-0.39, 0.29) is 5.69 Å². The van der Waals surface area contributed by atoms with Gasteiger partial charge in [0.25, 0.3) is 0 Å². The van der Waals surface area contributed by atoms with Crippen LogP contribution in [0.2, 0.25) is 0 Å². The monoisotopic (exact) mass is 269 g/mol. The topological polar surface area (TPSA) is 81.7 Å². The quantitative estimate of drug-likeness (QED) is 0.750. The van der Waals surface area contributed by atoms with Gasteiger partial charge in [-0.1, -0.05) is 0 Å². The van der Waals surface area contributed by atoms with Crippen LogP contribution in [0.25, 0.3) is 0 Å². The fraction of sp³-hybridized carbons (Fsp3) is 0.333. The number of halogens is 1. The molecule has 7 heteroatoms. The zero-order valence-corrected chi connectivity index (χ0v) is 10.7. The predicted octanol–water partition coefficient (Wildman–Crippen LogP) is 1.21. The SMILES string of the molecule is CNCCN(C)C(=O)Nc1ccc(F)c(C(=O)O)c1. The van der Waals surface area contributed by atoms with Crippen LogP contribution in [0.4, 0.5) is 14.9 Å². The Morgan fingerprint density at radius 2 is 2.11 bits per heavy atom. The number of amides is 2. The standard InChI is InChI=1S/C12H16FN3O3/c1-14-5-6-16(2)12(19)15-8-3-4-10(13)9(7-8)11(17)18/h3-4,7,14H,5-6H2,1-2H3,(H,15,19)(H,17,18). The van der Waals surface area contributed by atoms with Crippen LogP contribution in [0.3, 0.4) is 0 Å². The van der Waals surface area contributed by atoms with Gasteiger partial charge in [0.05, 0.1) is 5.56 Å². The summed E-state index contributed by atoms with van der Waals surface area (Å²) in [6.07, 6.45) is 0. The van der Waals surface area contributed by atoms with Crippen LogP contribution in [0.15, 0.2) is 18.2 Å². The summed E-state index contributed by atoms with van der Waals surface area (Å²) in [6.45, 7) is 1.13. The van der Waals surface area contributed by atoms with Crippen molar-refractivity contribution in [2.45, 2.75) is 0 Å². The lowest BCUT2D eigenvalue weighted by atomic mass is 10.2. The summed E-state index contributed by atoms with van der Waals surface area (Å²) < 4.78 is 13.2. The van der Waals surface area contributed by atoms with Gasteiger partial charge in [-0.05, 0) is 25.2 Å². The Morgan fingerprint density at radius 3 is 2.68 bits per heavy atom. The van der Waals surface area contributed by atoms with Crippen molar-refractivity contribution in [3.8, 4) is 0 Å². The van der Waals surface area contributed by atoms with E-state index in [1.54, 1.807) is 14.1 Å². The molecule has 6 nitrogen and oxygen atoms in total. The van der Waals surface area contributed by atoms with Gasteiger partial charge in [0.1, 0.15) is 5.82 Å². The molecule has 1 aromatic carbocycles. The van der Waals surface area contributed by atoms with Crippen LogP contribution in [0.5, 0.6) is 0 Å². The first kappa shape index (κ1) is 14.9. The number of anilines is 1. The largest absolute Gasteiger partial charge is 0.478 e. The molecule has 0 aliphatic carbocycles. The maximum atomic E-state index is 13.2. The lowest BCUT2D eigenvalue weighted by Crippen LogP contribution is -2.35. The predicted molar refractivity (Wildman–Crippen MR) is 68.9 cm³/mol. The van der Waals surface area contributed by atoms with Crippen molar-refractivity contribution >= 4 is 17.7 Å². The molecule has 0 aliphatic rings. The molecule has 104 valence electrons. The average Bonchev–Trinajstić information content (AvgIpc) is 2.37. The average molecular weight is 269 g/mol. The number of carbonyl (C=O) groups is 2. The van der Waals surface area contributed by atoms with Crippen LogP contribution in [-0.4, -0.2) is 49.2 Å². The third kappa shape index (κ3) is 4.22. The summed E-state index contributed by atoms with van der Waals surface area (Å²) in [5, 5.41) is 14.2. The molecule has 19 heavy (non-hydrogen) atoms. The van der Waals surface area contributed by atoms with Gasteiger partial charge in [0.15, 0.2) is 0 Å². The molecular weight excluding hydrogens is 253 g/mol. The van der Waals surface area contributed by atoms with Gasteiger partial charge in [0, 0.05) is 25.8 Å². The van der Waals surface area contributed by atoms with Gasteiger partial charge in [-0.15, -0.1) is 0 Å². The van der Waals surface area contributed by atoms with E-state index >= 15 is 0 Å². The molecule has 0 radical (unpaired) electrons. The van der Waals surface area contributed by atoms with Gasteiger partial charge >= 0.3 is 12.0 Å². The lowest BCUT2D eigenvalue weighted by molar-refractivity contribution is 0.0692.